The van der Waals surface area contributed by atoms with Gasteiger partial charge in [-0.05, 0) is 12.3 Å². The normalized spacial score (nSPS) is 28.5. The van der Waals surface area contributed by atoms with Crippen molar-refractivity contribution < 1.29 is 0 Å². The Balaban J connectivity index is 1.85. The monoisotopic (exact) mass is 168 g/mol. The number of aromatic nitrogens is 1. The zero-order chi connectivity index (χ0) is 7.68. The molecular weight excluding hydrogens is 156 g/mol. The highest BCUT2D eigenvalue weighted by Gasteiger charge is 2.35. The predicted octanol–water partition coefficient (Wildman–Crippen LogP) is 2.35. The number of thiazole rings is 1. The minimum atomic E-state index is 0.714. The van der Waals surface area contributed by atoms with Gasteiger partial charge in [0.1, 0.15) is 0 Å². The Hall–Kier alpha value is -0.570. The number of anilines is 1. The summed E-state index contributed by atoms with van der Waals surface area (Å²) in [5.41, 5.74) is 0. The van der Waals surface area contributed by atoms with E-state index in [0.717, 1.165) is 11.0 Å². The summed E-state index contributed by atoms with van der Waals surface area (Å²) in [5.74, 6) is 0.902. The summed E-state index contributed by atoms with van der Waals surface area (Å²) in [5, 5.41) is 6.48. The summed E-state index contributed by atoms with van der Waals surface area (Å²) < 4.78 is 0. The lowest BCUT2D eigenvalue weighted by atomic mass is 10.3. The highest BCUT2D eigenvalue weighted by Crippen LogP contribution is 2.36. The van der Waals surface area contributed by atoms with Crippen LogP contribution in [0.15, 0.2) is 11.6 Å². The lowest BCUT2D eigenvalue weighted by Crippen LogP contribution is -2.03. The van der Waals surface area contributed by atoms with Crippen LogP contribution < -0.4 is 5.32 Å². The van der Waals surface area contributed by atoms with Gasteiger partial charge < -0.3 is 5.32 Å². The van der Waals surface area contributed by atoms with Crippen molar-refractivity contribution in [3.63, 3.8) is 0 Å². The molecule has 0 radical (unpaired) electrons. The van der Waals surface area contributed by atoms with Crippen LogP contribution in [0.4, 0.5) is 5.13 Å². The average Bonchev–Trinajstić information content (AvgIpc) is 2.54. The Labute approximate surface area is 70.7 Å². The van der Waals surface area contributed by atoms with E-state index in [1.807, 2.05) is 11.6 Å². The summed E-state index contributed by atoms with van der Waals surface area (Å²) in [6.45, 7) is 2.24. The molecular formula is C8H12N2S. The van der Waals surface area contributed by atoms with E-state index in [1.165, 1.54) is 12.8 Å². The molecule has 2 unspecified atom stereocenters. The summed E-state index contributed by atoms with van der Waals surface area (Å²) in [4.78, 5) is 4.17. The quantitative estimate of drug-likeness (QED) is 0.749. The van der Waals surface area contributed by atoms with E-state index in [4.69, 9.17) is 0 Å². The summed E-state index contributed by atoms with van der Waals surface area (Å²) in [6, 6.07) is 0.714. The van der Waals surface area contributed by atoms with Crippen LogP contribution in [0.3, 0.4) is 0 Å². The first-order valence-electron chi connectivity index (χ1n) is 4.06. The third kappa shape index (κ3) is 1.53. The lowest BCUT2D eigenvalue weighted by Gasteiger charge is -1.98. The molecule has 2 atom stereocenters. The molecule has 11 heavy (non-hydrogen) atoms. The molecule has 1 aromatic heterocycles. The summed E-state index contributed by atoms with van der Waals surface area (Å²) in [7, 11) is 0. The van der Waals surface area contributed by atoms with Crippen LogP contribution in [0.1, 0.15) is 19.8 Å². The third-order valence-corrected chi connectivity index (χ3v) is 2.89. The molecule has 1 saturated carbocycles. The van der Waals surface area contributed by atoms with E-state index in [-0.39, 0.29) is 0 Å². The number of hydrogen-bond donors (Lipinski definition) is 1. The van der Waals surface area contributed by atoms with E-state index in [2.05, 4.69) is 17.2 Å². The lowest BCUT2D eigenvalue weighted by molar-refractivity contribution is 0.774. The van der Waals surface area contributed by atoms with Gasteiger partial charge in [-0.1, -0.05) is 13.3 Å². The molecule has 1 heterocycles. The van der Waals surface area contributed by atoms with E-state index in [9.17, 15) is 0 Å². The highest BCUT2D eigenvalue weighted by atomic mass is 32.1. The van der Waals surface area contributed by atoms with Gasteiger partial charge in [-0.3, -0.25) is 0 Å². The molecule has 2 rings (SSSR count). The zero-order valence-corrected chi connectivity index (χ0v) is 7.40. The molecule has 0 bridgehead atoms. The SMILES string of the molecule is CCC1CC1Nc1nccs1. The first kappa shape index (κ1) is 7.10. The minimum Gasteiger partial charge on any atom is -0.359 e. The van der Waals surface area contributed by atoms with Crippen molar-refractivity contribution in [3.05, 3.63) is 11.6 Å². The number of nitrogens with one attached hydrogen (secondary N) is 1. The van der Waals surface area contributed by atoms with Crippen LogP contribution in [0.5, 0.6) is 0 Å². The Kier molecular flexibility index (Phi) is 1.82. The maximum atomic E-state index is 4.17. The van der Waals surface area contributed by atoms with Crippen LogP contribution in [0.2, 0.25) is 0 Å². The van der Waals surface area contributed by atoms with E-state index < -0.39 is 0 Å². The van der Waals surface area contributed by atoms with E-state index >= 15 is 0 Å². The number of nitrogens with zero attached hydrogens (tertiary/aromatic N) is 1. The molecule has 0 amide bonds. The molecule has 1 fully saturated rings. The van der Waals surface area contributed by atoms with Gasteiger partial charge >= 0.3 is 0 Å². The van der Waals surface area contributed by atoms with Crippen molar-refractivity contribution in [2.75, 3.05) is 5.32 Å². The van der Waals surface area contributed by atoms with E-state index in [0.29, 0.717) is 6.04 Å². The first-order chi connectivity index (χ1) is 5.40. The van der Waals surface area contributed by atoms with Gasteiger partial charge in [0.15, 0.2) is 5.13 Å². The summed E-state index contributed by atoms with van der Waals surface area (Å²) in [6.07, 6.45) is 4.47. The van der Waals surface area contributed by atoms with Crippen molar-refractivity contribution in [2.45, 2.75) is 25.8 Å². The Morgan fingerprint density at radius 2 is 2.73 bits per heavy atom. The molecule has 0 aliphatic heterocycles. The van der Waals surface area contributed by atoms with Crippen molar-refractivity contribution in [2.24, 2.45) is 5.92 Å². The van der Waals surface area contributed by atoms with Crippen LogP contribution in [0, 0.1) is 5.92 Å². The molecule has 2 nitrogen and oxygen atoms in total. The van der Waals surface area contributed by atoms with Crippen molar-refractivity contribution >= 4 is 16.5 Å². The van der Waals surface area contributed by atoms with Crippen molar-refractivity contribution in [1.82, 2.24) is 4.98 Å². The molecule has 1 aromatic rings. The number of rotatable bonds is 3. The van der Waals surface area contributed by atoms with Crippen LogP contribution >= 0.6 is 11.3 Å². The fourth-order valence-corrected chi connectivity index (χ4v) is 1.92. The van der Waals surface area contributed by atoms with Gasteiger partial charge in [0.25, 0.3) is 0 Å². The third-order valence-electron chi connectivity index (χ3n) is 2.19. The zero-order valence-electron chi connectivity index (χ0n) is 6.58. The van der Waals surface area contributed by atoms with Gasteiger partial charge in [0.2, 0.25) is 0 Å². The number of hydrogen-bond acceptors (Lipinski definition) is 3. The van der Waals surface area contributed by atoms with Crippen LogP contribution in [-0.2, 0) is 0 Å². The topological polar surface area (TPSA) is 24.9 Å². The van der Waals surface area contributed by atoms with Crippen molar-refractivity contribution in [1.29, 1.82) is 0 Å². The first-order valence-corrected chi connectivity index (χ1v) is 4.94. The smallest absolute Gasteiger partial charge is 0.182 e. The Morgan fingerprint density at radius 1 is 1.82 bits per heavy atom. The second-order valence-electron chi connectivity index (χ2n) is 2.99. The van der Waals surface area contributed by atoms with Crippen molar-refractivity contribution in [3.8, 4) is 0 Å². The van der Waals surface area contributed by atoms with Crippen LogP contribution in [-0.4, -0.2) is 11.0 Å². The maximum absolute atomic E-state index is 4.17. The van der Waals surface area contributed by atoms with Crippen LogP contribution in [0.25, 0.3) is 0 Å². The van der Waals surface area contributed by atoms with Gasteiger partial charge in [-0.2, -0.15) is 0 Å². The largest absolute Gasteiger partial charge is 0.359 e. The van der Waals surface area contributed by atoms with E-state index in [1.54, 1.807) is 11.3 Å². The average molecular weight is 168 g/mol. The standard InChI is InChI=1S/C8H12N2S/c1-2-6-5-7(6)10-8-9-3-4-11-8/h3-4,6-7H,2,5H2,1H3,(H,9,10). The highest BCUT2D eigenvalue weighted by molar-refractivity contribution is 7.13. The van der Waals surface area contributed by atoms with Gasteiger partial charge in [-0.25, -0.2) is 4.98 Å². The molecule has 60 valence electrons. The molecule has 0 aromatic carbocycles. The van der Waals surface area contributed by atoms with Gasteiger partial charge in [0, 0.05) is 17.6 Å². The fourth-order valence-electron chi connectivity index (χ4n) is 1.33. The van der Waals surface area contributed by atoms with Gasteiger partial charge in [0.05, 0.1) is 0 Å². The Bertz CT molecular complexity index is 220. The molecule has 0 saturated heterocycles. The maximum Gasteiger partial charge on any atom is 0.182 e. The fraction of sp³-hybridized carbons (Fsp3) is 0.625. The molecule has 3 heteroatoms. The second kappa shape index (κ2) is 2.81. The summed E-state index contributed by atoms with van der Waals surface area (Å²) >= 11 is 1.68. The molecule has 1 aliphatic rings. The predicted molar refractivity (Wildman–Crippen MR) is 47.9 cm³/mol. The minimum absolute atomic E-state index is 0.714. The Morgan fingerprint density at radius 3 is 3.27 bits per heavy atom. The second-order valence-corrected chi connectivity index (χ2v) is 3.89. The molecule has 1 N–H and O–H groups in total. The molecule has 0 spiro atoms. The molecule has 1 aliphatic carbocycles. The van der Waals surface area contributed by atoms with Gasteiger partial charge in [-0.15, -0.1) is 11.3 Å².